The van der Waals surface area contributed by atoms with Gasteiger partial charge in [-0.3, -0.25) is 4.90 Å². The summed E-state index contributed by atoms with van der Waals surface area (Å²) in [7, 11) is 1.96. The quantitative estimate of drug-likeness (QED) is 0.643. The molecule has 0 radical (unpaired) electrons. The minimum absolute atomic E-state index is 0.275. The van der Waals surface area contributed by atoms with E-state index in [4.69, 9.17) is 9.26 Å². The van der Waals surface area contributed by atoms with Crippen LogP contribution in [0.15, 0.2) is 59.1 Å². The van der Waals surface area contributed by atoms with Gasteiger partial charge in [-0.15, -0.1) is 0 Å². The summed E-state index contributed by atoms with van der Waals surface area (Å²) in [5.74, 6) is 0.712. The van der Waals surface area contributed by atoms with Crippen LogP contribution in [0.3, 0.4) is 0 Å². The van der Waals surface area contributed by atoms with E-state index in [1.54, 1.807) is 18.2 Å². The summed E-state index contributed by atoms with van der Waals surface area (Å²) < 4.78 is 24.4. The monoisotopic (exact) mass is 340 g/mol. The highest BCUT2D eigenvalue weighted by atomic mass is 19.1. The first-order chi connectivity index (χ1) is 12.1. The minimum atomic E-state index is -0.344. The van der Waals surface area contributed by atoms with Crippen molar-refractivity contribution >= 4 is 0 Å². The van der Waals surface area contributed by atoms with Crippen LogP contribution in [-0.2, 0) is 6.54 Å². The summed E-state index contributed by atoms with van der Waals surface area (Å²) in [4.78, 5) is 2.04. The zero-order valence-electron chi connectivity index (χ0n) is 14.4. The molecule has 0 aliphatic carbocycles. The van der Waals surface area contributed by atoms with Crippen LogP contribution in [0.25, 0.3) is 11.3 Å². The number of aryl methyl sites for hydroxylation is 1. The smallest absolute Gasteiger partial charge is 0.165 e. The molecule has 0 spiro atoms. The number of likely N-dealkylation sites (N-methyl/N-ethyl adjacent to an activating group) is 1. The molecule has 0 N–H and O–H groups in total. The van der Waals surface area contributed by atoms with Gasteiger partial charge in [-0.1, -0.05) is 47.1 Å². The molecule has 2 aromatic carbocycles. The molecule has 0 unspecified atom stereocenters. The maximum Gasteiger partial charge on any atom is 0.165 e. The predicted molar refractivity (Wildman–Crippen MR) is 94.9 cm³/mol. The Balaban J connectivity index is 1.50. The fourth-order valence-electron chi connectivity index (χ4n) is 2.47. The van der Waals surface area contributed by atoms with Gasteiger partial charge in [-0.25, -0.2) is 4.39 Å². The molecule has 0 bridgehead atoms. The van der Waals surface area contributed by atoms with Crippen molar-refractivity contribution in [2.24, 2.45) is 0 Å². The van der Waals surface area contributed by atoms with Crippen molar-refractivity contribution in [3.05, 3.63) is 71.7 Å². The van der Waals surface area contributed by atoms with E-state index in [1.165, 1.54) is 11.6 Å². The highest BCUT2D eigenvalue weighted by molar-refractivity contribution is 5.59. The molecule has 5 heteroatoms. The van der Waals surface area contributed by atoms with E-state index in [-0.39, 0.29) is 11.6 Å². The Bertz CT molecular complexity index is 815. The first-order valence-electron chi connectivity index (χ1n) is 8.20. The normalized spacial score (nSPS) is 11.0. The van der Waals surface area contributed by atoms with Crippen molar-refractivity contribution in [3.63, 3.8) is 0 Å². The van der Waals surface area contributed by atoms with Crippen LogP contribution in [0.4, 0.5) is 4.39 Å². The number of nitrogens with zero attached hydrogens (tertiary/aromatic N) is 2. The second kappa shape index (κ2) is 7.94. The van der Waals surface area contributed by atoms with Gasteiger partial charge in [-0.05, 0) is 26.1 Å². The molecule has 3 rings (SSSR count). The van der Waals surface area contributed by atoms with E-state index < -0.39 is 0 Å². The van der Waals surface area contributed by atoms with Crippen LogP contribution >= 0.6 is 0 Å². The van der Waals surface area contributed by atoms with Gasteiger partial charge in [0.25, 0.3) is 0 Å². The lowest BCUT2D eigenvalue weighted by Gasteiger charge is -2.15. The van der Waals surface area contributed by atoms with E-state index in [0.717, 1.165) is 17.0 Å². The lowest BCUT2D eigenvalue weighted by molar-refractivity contribution is 0.211. The highest BCUT2D eigenvalue weighted by Crippen LogP contribution is 2.20. The molecular formula is C20H21FN2O2. The zero-order chi connectivity index (χ0) is 17.6. The Hall–Kier alpha value is -2.66. The van der Waals surface area contributed by atoms with Crippen molar-refractivity contribution in [1.29, 1.82) is 0 Å². The standard InChI is InChI=1S/C20H21FN2O2/c1-15-7-9-16(10-8-15)19-13-17(25-22-19)14-23(2)11-12-24-20-6-4-3-5-18(20)21/h3-10,13H,11-12,14H2,1-2H3. The molecule has 0 amide bonds. The van der Waals surface area contributed by atoms with E-state index in [9.17, 15) is 4.39 Å². The van der Waals surface area contributed by atoms with Crippen LogP contribution in [0.2, 0.25) is 0 Å². The first-order valence-corrected chi connectivity index (χ1v) is 8.20. The summed E-state index contributed by atoms with van der Waals surface area (Å²) in [5, 5.41) is 4.13. The molecule has 3 aromatic rings. The van der Waals surface area contributed by atoms with Crippen LogP contribution < -0.4 is 4.74 Å². The van der Waals surface area contributed by atoms with Gasteiger partial charge in [0.05, 0.1) is 6.54 Å². The van der Waals surface area contributed by atoms with Crippen molar-refractivity contribution in [3.8, 4) is 17.0 Å². The van der Waals surface area contributed by atoms with Crippen LogP contribution in [0.1, 0.15) is 11.3 Å². The fraction of sp³-hybridized carbons (Fsp3) is 0.250. The molecule has 0 atom stereocenters. The first kappa shape index (κ1) is 17.2. The average Bonchev–Trinajstić information content (AvgIpc) is 3.05. The van der Waals surface area contributed by atoms with Crippen LogP contribution in [0.5, 0.6) is 5.75 Å². The van der Waals surface area contributed by atoms with Gasteiger partial charge >= 0.3 is 0 Å². The minimum Gasteiger partial charge on any atom is -0.489 e. The third-order valence-electron chi connectivity index (χ3n) is 3.90. The molecular weight excluding hydrogens is 319 g/mol. The predicted octanol–water partition coefficient (Wildman–Crippen LogP) is 4.30. The van der Waals surface area contributed by atoms with Gasteiger partial charge < -0.3 is 9.26 Å². The summed E-state index contributed by atoms with van der Waals surface area (Å²) in [6.45, 7) is 3.71. The van der Waals surface area contributed by atoms with Crippen LogP contribution in [-0.4, -0.2) is 30.3 Å². The molecule has 0 saturated carbocycles. The summed E-state index contributed by atoms with van der Waals surface area (Å²) in [6, 6.07) is 16.5. The zero-order valence-corrected chi connectivity index (χ0v) is 14.4. The van der Waals surface area contributed by atoms with Crippen molar-refractivity contribution in [2.45, 2.75) is 13.5 Å². The molecule has 0 fully saturated rings. The number of rotatable bonds is 7. The number of hydrogen-bond donors (Lipinski definition) is 0. The molecule has 1 aromatic heterocycles. The Morgan fingerprint density at radius 3 is 2.64 bits per heavy atom. The van der Waals surface area contributed by atoms with E-state index >= 15 is 0 Å². The Morgan fingerprint density at radius 2 is 1.88 bits per heavy atom. The average molecular weight is 340 g/mol. The molecule has 130 valence electrons. The third kappa shape index (κ3) is 4.67. The topological polar surface area (TPSA) is 38.5 Å². The molecule has 25 heavy (non-hydrogen) atoms. The van der Waals surface area contributed by atoms with Gasteiger partial charge in [0.1, 0.15) is 12.3 Å². The Morgan fingerprint density at radius 1 is 1.12 bits per heavy atom. The third-order valence-corrected chi connectivity index (χ3v) is 3.90. The lowest BCUT2D eigenvalue weighted by Crippen LogP contribution is -2.23. The largest absolute Gasteiger partial charge is 0.489 e. The molecule has 1 heterocycles. The number of para-hydroxylation sites is 1. The molecule has 0 saturated heterocycles. The van der Waals surface area contributed by atoms with Crippen LogP contribution in [0, 0.1) is 12.7 Å². The maximum absolute atomic E-state index is 13.5. The summed E-state index contributed by atoms with van der Waals surface area (Å²) in [6.07, 6.45) is 0. The number of ether oxygens (including phenoxy) is 1. The van der Waals surface area contributed by atoms with Gasteiger partial charge in [0, 0.05) is 18.2 Å². The molecule has 4 nitrogen and oxygen atoms in total. The van der Waals surface area contributed by atoms with E-state index in [1.807, 2.05) is 30.1 Å². The summed E-state index contributed by atoms with van der Waals surface area (Å²) >= 11 is 0. The van der Waals surface area contributed by atoms with E-state index in [0.29, 0.717) is 19.7 Å². The maximum atomic E-state index is 13.5. The number of halogens is 1. The Kier molecular flexibility index (Phi) is 5.46. The second-order valence-corrected chi connectivity index (χ2v) is 6.06. The highest BCUT2D eigenvalue weighted by Gasteiger charge is 2.09. The van der Waals surface area contributed by atoms with E-state index in [2.05, 4.69) is 24.2 Å². The molecule has 0 aliphatic rings. The SMILES string of the molecule is Cc1ccc(-c2cc(CN(C)CCOc3ccccc3F)on2)cc1. The van der Waals surface area contributed by atoms with Gasteiger partial charge in [0.15, 0.2) is 17.3 Å². The summed E-state index contributed by atoms with van der Waals surface area (Å²) in [5.41, 5.74) is 3.07. The number of hydrogen-bond acceptors (Lipinski definition) is 4. The van der Waals surface area contributed by atoms with Gasteiger partial charge in [0.2, 0.25) is 0 Å². The molecule has 0 aliphatic heterocycles. The lowest BCUT2D eigenvalue weighted by atomic mass is 10.1. The van der Waals surface area contributed by atoms with Crippen molar-refractivity contribution in [2.75, 3.05) is 20.2 Å². The number of benzene rings is 2. The van der Waals surface area contributed by atoms with Crippen molar-refractivity contribution in [1.82, 2.24) is 10.1 Å². The Labute approximate surface area is 146 Å². The fourth-order valence-corrected chi connectivity index (χ4v) is 2.47. The second-order valence-electron chi connectivity index (χ2n) is 6.06. The van der Waals surface area contributed by atoms with Gasteiger partial charge in [-0.2, -0.15) is 0 Å². The van der Waals surface area contributed by atoms with Crippen molar-refractivity contribution < 1.29 is 13.7 Å². The number of aromatic nitrogens is 1.